The van der Waals surface area contributed by atoms with Gasteiger partial charge in [0.25, 0.3) is 0 Å². The normalized spacial score (nSPS) is 11.0. The summed E-state index contributed by atoms with van der Waals surface area (Å²) in [5.74, 6) is 0.862. The molecule has 3 rings (SSSR count). The Bertz CT molecular complexity index is 634. The number of hydrogen-bond donors (Lipinski definition) is 1. The Morgan fingerprint density at radius 3 is 2.83 bits per heavy atom. The van der Waals surface area contributed by atoms with Crippen LogP contribution in [-0.4, -0.2) is 10.1 Å². The van der Waals surface area contributed by atoms with E-state index in [1.54, 1.807) is 11.3 Å². The van der Waals surface area contributed by atoms with Crippen molar-refractivity contribution in [2.45, 2.75) is 20.4 Å². The molecule has 0 aliphatic rings. The molecule has 5 heteroatoms. The van der Waals surface area contributed by atoms with Crippen molar-refractivity contribution < 1.29 is 4.52 Å². The van der Waals surface area contributed by atoms with E-state index in [4.69, 9.17) is 4.52 Å². The number of aryl methyl sites for hydroxylation is 2. The van der Waals surface area contributed by atoms with Crippen LogP contribution >= 0.6 is 11.3 Å². The van der Waals surface area contributed by atoms with Crippen molar-refractivity contribution in [3.8, 4) is 0 Å². The zero-order valence-corrected chi connectivity index (χ0v) is 11.0. The maximum Gasteiger partial charge on any atom is 0.184 e. The molecule has 0 bridgehead atoms. The quantitative estimate of drug-likeness (QED) is 0.782. The van der Waals surface area contributed by atoms with Crippen molar-refractivity contribution in [1.82, 2.24) is 10.1 Å². The lowest BCUT2D eigenvalue weighted by molar-refractivity contribution is 0.392. The fourth-order valence-electron chi connectivity index (χ4n) is 1.87. The van der Waals surface area contributed by atoms with Gasteiger partial charge in [-0.2, -0.15) is 0 Å². The molecule has 18 heavy (non-hydrogen) atoms. The van der Waals surface area contributed by atoms with Crippen LogP contribution in [0.5, 0.6) is 0 Å². The molecule has 2 heterocycles. The van der Waals surface area contributed by atoms with Gasteiger partial charge in [0, 0.05) is 12.1 Å². The zero-order chi connectivity index (χ0) is 12.5. The van der Waals surface area contributed by atoms with Crippen LogP contribution in [0, 0.1) is 13.8 Å². The molecular weight excluding hydrogens is 246 g/mol. The predicted molar refractivity (Wildman–Crippen MR) is 72.9 cm³/mol. The van der Waals surface area contributed by atoms with E-state index in [1.165, 1.54) is 4.70 Å². The van der Waals surface area contributed by atoms with E-state index in [9.17, 15) is 0 Å². The second-order valence-corrected chi connectivity index (χ2v) is 5.17. The first-order chi connectivity index (χ1) is 8.74. The fourth-order valence-corrected chi connectivity index (χ4v) is 2.73. The van der Waals surface area contributed by atoms with Gasteiger partial charge < -0.3 is 9.84 Å². The Hall–Kier alpha value is -1.88. The van der Waals surface area contributed by atoms with Crippen LogP contribution in [0.4, 0.5) is 5.13 Å². The van der Waals surface area contributed by atoms with E-state index in [0.29, 0.717) is 6.54 Å². The summed E-state index contributed by atoms with van der Waals surface area (Å²) in [5.41, 5.74) is 3.07. The Morgan fingerprint density at radius 2 is 2.11 bits per heavy atom. The van der Waals surface area contributed by atoms with Gasteiger partial charge in [0.2, 0.25) is 0 Å². The van der Waals surface area contributed by atoms with E-state index in [-0.39, 0.29) is 0 Å². The highest BCUT2D eigenvalue weighted by atomic mass is 32.1. The standard InChI is InChI=1S/C13H13N3OS/c1-8-10(9(2)17-16-8)7-14-13-15-11-5-3-4-6-12(11)18-13/h3-6H,7H2,1-2H3,(H,14,15). The molecule has 1 aromatic carbocycles. The number of thiazole rings is 1. The molecule has 0 aliphatic heterocycles. The van der Waals surface area contributed by atoms with E-state index in [0.717, 1.165) is 27.7 Å². The van der Waals surface area contributed by atoms with E-state index < -0.39 is 0 Å². The molecule has 0 saturated heterocycles. The van der Waals surface area contributed by atoms with Gasteiger partial charge in [-0.1, -0.05) is 28.6 Å². The summed E-state index contributed by atoms with van der Waals surface area (Å²) < 4.78 is 6.33. The highest BCUT2D eigenvalue weighted by Crippen LogP contribution is 2.26. The SMILES string of the molecule is Cc1noc(C)c1CNc1nc2ccccc2s1. The number of nitrogens with one attached hydrogen (secondary N) is 1. The first kappa shape index (κ1) is 11.2. The van der Waals surface area contributed by atoms with Gasteiger partial charge in [0.1, 0.15) is 5.76 Å². The van der Waals surface area contributed by atoms with Crippen LogP contribution in [0.2, 0.25) is 0 Å². The number of benzene rings is 1. The summed E-state index contributed by atoms with van der Waals surface area (Å²) >= 11 is 1.66. The Labute approximate surface area is 109 Å². The van der Waals surface area contributed by atoms with Gasteiger partial charge in [-0.25, -0.2) is 4.98 Å². The van der Waals surface area contributed by atoms with Crippen molar-refractivity contribution in [3.05, 3.63) is 41.3 Å². The highest BCUT2D eigenvalue weighted by molar-refractivity contribution is 7.22. The molecule has 4 nitrogen and oxygen atoms in total. The minimum Gasteiger partial charge on any atom is -0.361 e. The third-order valence-electron chi connectivity index (χ3n) is 2.89. The molecule has 92 valence electrons. The summed E-state index contributed by atoms with van der Waals surface area (Å²) in [7, 11) is 0. The lowest BCUT2D eigenvalue weighted by atomic mass is 10.2. The third kappa shape index (κ3) is 1.97. The Morgan fingerprint density at radius 1 is 1.28 bits per heavy atom. The fraction of sp³-hybridized carbons (Fsp3) is 0.231. The molecule has 3 aromatic rings. The largest absolute Gasteiger partial charge is 0.361 e. The summed E-state index contributed by atoms with van der Waals surface area (Å²) in [6, 6.07) is 8.12. The minimum absolute atomic E-state index is 0.695. The van der Waals surface area contributed by atoms with Crippen LogP contribution in [0.25, 0.3) is 10.2 Å². The van der Waals surface area contributed by atoms with Crippen molar-refractivity contribution in [2.75, 3.05) is 5.32 Å². The van der Waals surface area contributed by atoms with Gasteiger partial charge in [0.15, 0.2) is 5.13 Å². The zero-order valence-electron chi connectivity index (χ0n) is 10.2. The molecule has 0 radical (unpaired) electrons. The van der Waals surface area contributed by atoms with E-state index >= 15 is 0 Å². The Kier molecular flexibility index (Phi) is 2.76. The number of para-hydroxylation sites is 1. The van der Waals surface area contributed by atoms with Crippen LogP contribution < -0.4 is 5.32 Å². The summed E-state index contributed by atoms with van der Waals surface area (Å²) in [4.78, 5) is 4.53. The van der Waals surface area contributed by atoms with Crippen molar-refractivity contribution in [3.63, 3.8) is 0 Å². The molecule has 1 N–H and O–H groups in total. The van der Waals surface area contributed by atoms with Crippen LogP contribution in [0.15, 0.2) is 28.8 Å². The smallest absolute Gasteiger partial charge is 0.184 e. The van der Waals surface area contributed by atoms with Crippen LogP contribution in [-0.2, 0) is 6.54 Å². The van der Waals surface area contributed by atoms with Gasteiger partial charge in [-0.05, 0) is 26.0 Å². The number of fused-ring (bicyclic) bond motifs is 1. The first-order valence-electron chi connectivity index (χ1n) is 5.75. The molecule has 0 unspecified atom stereocenters. The lowest BCUT2D eigenvalue weighted by Crippen LogP contribution is -2.00. The third-order valence-corrected chi connectivity index (χ3v) is 3.89. The van der Waals surface area contributed by atoms with Crippen LogP contribution in [0.1, 0.15) is 17.0 Å². The molecular formula is C13H13N3OS. The van der Waals surface area contributed by atoms with Gasteiger partial charge in [-0.15, -0.1) is 0 Å². The number of nitrogens with zero attached hydrogens (tertiary/aromatic N) is 2. The molecule has 0 saturated carbocycles. The molecule has 0 spiro atoms. The number of aromatic nitrogens is 2. The number of hydrogen-bond acceptors (Lipinski definition) is 5. The van der Waals surface area contributed by atoms with Gasteiger partial charge in [-0.3, -0.25) is 0 Å². The molecule has 2 aromatic heterocycles. The molecule has 0 amide bonds. The van der Waals surface area contributed by atoms with Crippen LogP contribution in [0.3, 0.4) is 0 Å². The van der Waals surface area contributed by atoms with Gasteiger partial charge >= 0.3 is 0 Å². The summed E-state index contributed by atoms with van der Waals surface area (Å²) in [6.07, 6.45) is 0. The first-order valence-corrected chi connectivity index (χ1v) is 6.57. The lowest BCUT2D eigenvalue weighted by Gasteiger charge is -2.00. The summed E-state index contributed by atoms with van der Waals surface area (Å²) in [5, 5.41) is 8.19. The topological polar surface area (TPSA) is 51.0 Å². The second-order valence-electron chi connectivity index (χ2n) is 4.14. The van der Waals surface area contributed by atoms with E-state index in [1.807, 2.05) is 32.0 Å². The van der Waals surface area contributed by atoms with E-state index in [2.05, 4.69) is 21.5 Å². The maximum atomic E-state index is 5.14. The monoisotopic (exact) mass is 259 g/mol. The van der Waals surface area contributed by atoms with Crippen molar-refractivity contribution in [2.24, 2.45) is 0 Å². The molecule has 0 atom stereocenters. The van der Waals surface area contributed by atoms with Crippen molar-refractivity contribution in [1.29, 1.82) is 0 Å². The van der Waals surface area contributed by atoms with Crippen molar-refractivity contribution >= 4 is 26.7 Å². The average Bonchev–Trinajstić information content (AvgIpc) is 2.91. The average molecular weight is 259 g/mol. The number of rotatable bonds is 3. The Balaban J connectivity index is 1.81. The summed E-state index contributed by atoms with van der Waals surface area (Å²) in [6.45, 7) is 4.57. The highest BCUT2D eigenvalue weighted by Gasteiger charge is 2.09. The number of anilines is 1. The second kappa shape index (κ2) is 4.42. The molecule has 0 aliphatic carbocycles. The minimum atomic E-state index is 0.695. The predicted octanol–water partition coefficient (Wildman–Crippen LogP) is 3.51. The van der Waals surface area contributed by atoms with Gasteiger partial charge in [0.05, 0.1) is 15.9 Å². The molecule has 0 fully saturated rings. The maximum absolute atomic E-state index is 5.14.